The lowest BCUT2D eigenvalue weighted by molar-refractivity contribution is 0.0473. The zero-order valence-electron chi connectivity index (χ0n) is 8.98. The van der Waals surface area contributed by atoms with Crippen LogP contribution in [0.15, 0.2) is 0 Å². The molecule has 3 heterocycles. The molecule has 2 amide bonds. The minimum atomic E-state index is -0.799. The van der Waals surface area contributed by atoms with E-state index >= 15 is 0 Å². The number of alkyl halides is 1. The summed E-state index contributed by atoms with van der Waals surface area (Å²) in [6.07, 6.45) is 1.40. The van der Waals surface area contributed by atoms with Gasteiger partial charge in [-0.25, -0.2) is 12.3 Å². The van der Waals surface area contributed by atoms with Crippen LogP contribution in [-0.2, 0) is 0 Å². The Labute approximate surface area is 108 Å². The third-order valence-corrected chi connectivity index (χ3v) is 4.55. The van der Waals surface area contributed by atoms with E-state index in [9.17, 15) is 9.18 Å². The summed E-state index contributed by atoms with van der Waals surface area (Å²) in [5.74, 6) is 0. The molecule has 0 aromatic rings. The molecule has 0 aliphatic carbocycles. The quantitative estimate of drug-likeness (QED) is 0.491. The van der Waals surface area contributed by atoms with Crippen molar-refractivity contribution in [2.45, 2.75) is 31.1 Å². The molecule has 2 bridgehead atoms. The smallest absolute Gasteiger partial charge is 0.319 e. The second-order valence-electron chi connectivity index (χ2n) is 4.90. The summed E-state index contributed by atoms with van der Waals surface area (Å²) in [5, 5.41) is 0. The van der Waals surface area contributed by atoms with Gasteiger partial charge in [-0.15, -0.1) is 0 Å². The van der Waals surface area contributed by atoms with Crippen molar-refractivity contribution in [1.29, 1.82) is 0 Å². The molecule has 0 spiro atoms. The number of rotatable bonds is 0. The summed E-state index contributed by atoms with van der Waals surface area (Å²) in [4.78, 5) is 15.8. The minimum absolute atomic E-state index is 0.0610. The van der Waals surface area contributed by atoms with Gasteiger partial charge in [0.15, 0.2) is 0 Å². The van der Waals surface area contributed by atoms with Crippen LogP contribution < -0.4 is 0 Å². The second-order valence-corrected chi connectivity index (χ2v) is 6.27. The largest absolute Gasteiger partial charge is 0.320 e. The highest BCUT2D eigenvalue weighted by atomic mass is 127. The maximum atomic E-state index is 12.7. The van der Waals surface area contributed by atoms with E-state index in [1.165, 1.54) is 0 Å². The van der Waals surface area contributed by atoms with Gasteiger partial charge in [-0.05, 0) is 12.8 Å². The molecular formula is C10H15FIN3O. The fourth-order valence-corrected chi connectivity index (χ4v) is 3.82. The molecule has 6 heteroatoms. The van der Waals surface area contributed by atoms with Crippen molar-refractivity contribution >= 4 is 28.9 Å². The van der Waals surface area contributed by atoms with Gasteiger partial charge >= 0.3 is 6.03 Å². The SMILES string of the molecule is O=C(N1CC(F)C1)N1C2CCC1CN(I)C2. The lowest BCUT2D eigenvalue weighted by Gasteiger charge is -2.44. The first-order valence-electron chi connectivity index (χ1n) is 5.77. The zero-order valence-corrected chi connectivity index (χ0v) is 11.1. The number of hydrogen-bond donors (Lipinski definition) is 0. The molecule has 3 aliphatic heterocycles. The van der Waals surface area contributed by atoms with Gasteiger partial charge in [0, 0.05) is 48.0 Å². The number of halogens is 2. The van der Waals surface area contributed by atoms with Crippen molar-refractivity contribution in [3.05, 3.63) is 0 Å². The molecular weight excluding hydrogens is 324 g/mol. The first-order chi connectivity index (χ1) is 7.65. The highest BCUT2D eigenvalue weighted by Crippen LogP contribution is 2.33. The molecule has 0 saturated carbocycles. The summed E-state index contributed by atoms with van der Waals surface area (Å²) in [7, 11) is 0. The predicted molar refractivity (Wildman–Crippen MR) is 66.1 cm³/mol. The fraction of sp³-hybridized carbons (Fsp3) is 0.900. The van der Waals surface area contributed by atoms with Gasteiger partial charge in [0.1, 0.15) is 6.17 Å². The Morgan fingerprint density at radius 1 is 1.12 bits per heavy atom. The molecule has 4 nitrogen and oxygen atoms in total. The number of hydrogen-bond acceptors (Lipinski definition) is 2. The second kappa shape index (κ2) is 3.97. The van der Waals surface area contributed by atoms with Crippen LogP contribution in [0.25, 0.3) is 0 Å². The summed E-state index contributed by atoms with van der Waals surface area (Å²) < 4.78 is 15.0. The van der Waals surface area contributed by atoms with Crippen molar-refractivity contribution in [1.82, 2.24) is 12.9 Å². The average Bonchev–Trinajstić information content (AvgIpc) is 2.46. The number of carbonyl (C=O) groups is 1. The number of urea groups is 1. The molecule has 16 heavy (non-hydrogen) atoms. The Morgan fingerprint density at radius 3 is 2.19 bits per heavy atom. The van der Waals surface area contributed by atoms with Crippen LogP contribution in [0.2, 0.25) is 0 Å². The van der Waals surface area contributed by atoms with E-state index in [1.54, 1.807) is 4.90 Å². The van der Waals surface area contributed by atoms with Gasteiger partial charge in [-0.2, -0.15) is 0 Å². The summed E-state index contributed by atoms with van der Waals surface area (Å²) in [6, 6.07) is 0.759. The van der Waals surface area contributed by atoms with Crippen LogP contribution in [0.3, 0.4) is 0 Å². The van der Waals surface area contributed by atoms with Crippen molar-refractivity contribution in [3.63, 3.8) is 0 Å². The summed E-state index contributed by atoms with van der Waals surface area (Å²) in [5.41, 5.74) is 0. The molecule has 0 aromatic heterocycles. The predicted octanol–water partition coefficient (Wildman–Crippen LogP) is 1.26. The topological polar surface area (TPSA) is 26.8 Å². The lowest BCUT2D eigenvalue weighted by Crippen LogP contribution is -2.62. The molecule has 0 aromatic carbocycles. The Kier molecular flexibility index (Phi) is 2.73. The molecule has 0 N–H and O–H groups in total. The van der Waals surface area contributed by atoms with Crippen LogP contribution in [0, 0.1) is 0 Å². The van der Waals surface area contributed by atoms with Gasteiger partial charge in [-0.3, -0.25) is 0 Å². The van der Waals surface area contributed by atoms with E-state index in [1.807, 2.05) is 4.90 Å². The summed E-state index contributed by atoms with van der Waals surface area (Å²) >= 11 is 2.33. The average molecular weight is 339 g/mol. The molecule has 3 saturated heterocycles. The maximum absolute atomic E-state index is 12.7. The highest BCUT2D eigenvalue weighted by Gasteiger charge is 2.45. The van der Waals surface area contributed by atoms with Crippen LogP contribution >= 0.6 is 22.9 Å². The number of likely N-dealkylation sites (tertiary alicyclic amines) is 1. The lowest BCUT2D eigenvalue weighted by atomic mass is 10.2. The minimum Gasteiger partial charge on any atom is -0.319 e. The highest BCUT2D eigenvalue weighted by molar-refractivity contribution is 14.1. The Morgan fingerprint density at radius 2 is 1.69 bits per heavy atom. The van der Waals surface area contributed by atoms with E-state index < -0.39 is 6.17 Å². The van der Waals surface area contributed by atoms with Gasteiger partial charge in [-0.1, -0.05) is 0 Å². The van der Waals surface area contributed by atoms with Crippen molar-refractivity contribution in [2.75, 3.05) is 26.2 Å². The monoisotopic (exact) mass is 339 g/mol. The number of amides is 2. The van der Waals surface area contributed by atoms with Crippen LogP contribution in [0.1, 0.15) is 12.8 Å². The molecule has 3 aliphatic rings. The number of fused-ring (bicyclic) bond motifs is 2. The van der Waals surface area contributed by atoms with E-state index in [2.05, 4.69) is 26.0 Å². The number of piperazine rings is 1. The maximum Gasteiger partial charge on any atom is 0.320 e. The first kappa shape index (κ1) is 11.0. The van der Waals surface area contributed by atoms with Crippen molar-refractivity contribution in [2.24, 2.45) is 0 Å². The summed E-state index contributed by atoms with van der Waals surface area (Å²) in [6.45, 7) is 2.50. The first-order valence-corrected chi connectivity index (χ1v) is 6.73. The third kappa shape index (κ3) is 1.70. The van der Waals surface area contributed by atoms with E-state index in [0.29, 0.717) is 25.2 Å². The molecule has 90 valence electrons. The third-order valence-electron chi connectivity index (χ3n) is 3.77. The molecule has 2 atom stereocenters. The number of carbonyl (C=O) groups excluding carboxylic acids is 1. The van der Waals surface area contributed by atoms with Gasteiger partial charge in [0.2, 0.25) is 0 Å². The Balaban J connectivity index is 1.69. The van der Waals surface area contributed by atoms with Crippen LogP contribution in [0.4, 0.5) is 9.18 Å². The molecule has 3 rings (SSSR count). The van der Waals surface area contributed by atoms with Crippen LogP contribution in [-0.4, -0.2) is 63.4 Å². The van der Waals surface area contributed by atoms with E-state index in [0.717, 1.165) is 25.9 Å². The normalized spacial score (nSPS) is 35.4. The molecule has 3 fully saturated rings. The fourth-order valence-electron chi connectivity index (χ4n) is 2.91. The van der Waals surface area contributed by atoms with Gasteiger partial charge < -0.3 is 9.80 Å². The van der Waals surface area contributed by atoms with E-state index in [4.69, 9.17) is 0 Å². The Hall–Kier alpha value is -0.110. The number of nitrogens with zero attached hydrogens (tertiary/aromatic N) is 3. The zero-order chi connectivity index (χ0) is 11.3. The molecule has 2 unspecified atom stereocenters. The van der Waals surface area contributed by atoms with Crippen LogP contribution in [0.5, 0.6) is 0 Å². The standard InChI is InChI=1S/C10H15FIN3O/c11-7-3-13(4-7)10(16)15-8-1-2-9(15)6-14(12)5-8/h7-9H,1-6H2. The van der Waals surface area contributed by atoms with E-state index in [-0.39, 0.29) is 6.03 Å². The van der Waals surface area contributed by atoms with Crippen molar-refractivity contribution in [3.8, 4) is 0 Å². The van der Waals surface area contributed by atoms with Gasteiger partial charge in [0.05, 0.1) is 13.1 Å². The van der Waals surface area contributed by atoms with Crippen molar-refractivity contribution < 1.29 is 9.18 Å². The van der Waals surface area contributed by atoms with Gasteiger partial charge in [0.25, 0.3) is 0 Å². The molecule has 0 radical (unpaired) electrons. The Bertz CT molecular complexity index is 296.